The number of rotatable bonds is 3. The Kier molecular flexibility index (Phi) is 4.26. The number of aryl methyl sites for hydroxylation is 1. The van der Waals surface area contributed by atoms with Crippen LogP contribution in [0.2, 0.25) is 0 Å². The molecule has 25 heavy (non-hydrogen) atoms. The maximum absolute atomic E-state index is 12.6. The first-order valence-electron chi connectivity index (χ1n) is 8.84. The van der Waals surface area contributed by atoms with E-state index in [2.05, 4.69) is 20.6 Å². The van der Waals surface area contributed by atoms with Crippen LogP contribution in [0.15, 0.2) is 41.3 Å². The zero-order valence-electron chi connectivity index (χ0n) is 14.4. The number of carbonyl (C=O) groups is 1. The second kappa shape index (κ2) is 6.70. The van der Waals surface area contributed by atoms with Crippen molar-refractivity contribution in [2.45, 2.75) is 32.6 Å². The molecule has 1 aliphatic rings. The molecule has 0 aliphatic carbocycles. The predicted octanol–water partition coefficient (Wildman–Crippen LogP) is 3.12. The highest BCUT2D eigenvalue weighted by Crippen LogP contribution is 2.24. The van der Waals surface area contributed by atoms with Crippen LogP contribution in [0.4, 0.5) is 0 Å². The Bertz CT molecular complexity index is 882. The Hall–Kier alpha value is -2.63. The zero-order chi connectivity index (χ0) is 17.2. The number of hydrogen-bond donors (Lipinski definition) is 0. The van der Waals surface area contributed by atoms with Gasteiger partial charge in [0.15, 0.2) is 5.69 Å². The summed E-state index contributed by atoms with van der Waals surface area (Å²) in [6.45, 7) is 3.35. The molecular formula is C19H22N4O2. The molecule has 1 unspecified atom stereocenters. The van der Waals surface area contributed by atoms with Crippen molar-refractivity contribution in [3.8, 4) is 0 Å². The molecule has 0 spiro atoms. The molecule has 4 heterocycles. The molecule has 0 N–H and O–H groups in total. The number of likely N-dealkylation sites (tertiary alicyclic amines) is 1. The van der Waals surface area contributed by atoms with Crippen molar-refractivity contribution in [3.05, 3.63) is 53.9 Å². The van der Waals surface area contributed by atoms with Crippen molar-refractivity contribution in [2.75, 3.05) is 13.1 Å². The van der Waals surface area contributed by atoms with Gasteiger partial charge in [-0.2, -0.15) is 0 Å². The number of nitrogens with zero attached hydrogens (tertiary/aromatic N) is 4. The zero-order valence-corrected chi connectivity index (χ0v) is 14.4. The second-order valence-electron chi connectivity index (χ2n) is 6.79. The van der Waals surface area contributed by atoms with Crippen LogP contribution in [0.1, 0.15) is 41.2 Å². The predicted molar refractivity (Wildman–Crippen MR) is 93.4 cm³/mol. The first kappa shape index (κ1) is 15.9. The molecule has 0 aromatic carbocycles. The fourth-order valence-corrected chi connectivity index (χ4v) is 3.66. The maximum Gasteiger partial charge on any atom is 0.276 e. The SMILES string of the molecule is Cc1cc(C(=O)N2CCCC(Cc3nccn4cccc34)CC2)no1. The first-order chi connectivity index (χ1) is 12.2. The number of aromatic nitrogens is 3. The number of amides is 1. The van der Waals surface area contributed by atoms with Crippen molar-refractivity contribution in [1.82, 2.24) is 19.4 Å². The molecule has 6 heteroatoms. The number of hydrogen-bond acceptors (Lipinski definition) is 4. The van der Waals surface area contributed by atoms with E-state index in [1.54, 1.807) is 13.0 Å². The molecule has 4 rings (SSSR count). The highest BCUT2D eigenvalue weighted by atomic mass is 16.5. The van der Waals surface area contributed by atoms with Gasteiger partial charge in [0.05, 0.1) is 11.2 Å². The van der Waals surface area contributed by atoms with E-state index >= 15 is 0 Å². The lowest BCUT2D eigenvalue weighted by Crippen LogP contribution is -2.32. The number of fused-ring (bicyclic) bond motifs is 1. The third kappa shape index (κ3) is 3.29. The van der Waals surface area contributed by atoms with Gasteiger partial charge in [0.1, 0.15) is 5.76 Å². The molecule has 3 aromatic heterocycles. The highest BCUT2D eigenvalue weighted by molar-refractivity contribution is 5.92. The Balaban J connectivity index is 1.43. The van der Waals surface area contributed by atoms with Crippen LogP contribution in [0.5, 0.6) is 0 Å². The minimum Gasteiger partial charge on any atom is -0.361 e. The topological polar surface area (TPSA) is 63.6 Å². The van der Waals surface area contributed by atoms with E-state index in [-0.39, 0.29) is 5.91 Å². The average molecular weight is 338 g/mol. The van der Waals surface area contributed by atoms with Gasteiger partial charge < -0.3 is 13.8 Å². The summed E-state index contributed by atoms with van der Waals surface area (Å²) in [5.41, 5.74) is 2.73. The molecule has 1 atom stereocenters. The van der Waals surface area contributed by atoms with Crippen molar-refractivity contribution in [2.24, 2.45) is 5.92 Å². The Morgan fingerprint density at radius 3 is 3.08 bits per heavy atom. The standard InChI is InChI=1S/C19H22N4O2/c1-14-12-17(21-25-14)19(24)23-9-2-4-15(6-10-23)13-16-18-5-3-8-22(18)11-7-20-16/h3,5,7-8,11-12,15H,2,4,6,9-10,13H2,1H3. The number of carbonyl (C=O) groups excluding carboxylic acids is 1. The normalized spacial score (nSPS) is 18.4. The monoisotopic (exact) mass is 338 g/mol. The van der Waals surface area contributed by atoms with E-state index in [0.717, 1.165) is 44.5 Å². The summed E-state index contributed by atoms with van der Waals surface area (Å²) in [6, 6.07) is 5.87. The molecule has 0 radical (unpaired) electrons. The smallest absolute Gasteiger partial charge is 0.276 e. The van der Waals surface area contributed by atoms with Crippen LogP contribution in [-0.4, -0.2) is 38.4 Å². The van der Waals surface area contributed by atoms with Crippen LogP contribution in [0.25, 0.3) is 5.52 Å². The highest BCUT2D eigenvalue weighted by Gasteiger charge is 2.24. The summed E-state index contributed by atoms with van der Waals surface area (Å²) in [5, 5.41) is 3.86. The summed E-state index contributed by atoms with van der Waals surface area (Å²) in [5.74, 6) is 1.19. The van der Waals surface area contributed by atoms with E-state index < -0.39 is 0 Å². The van der Waals surface area contributed by atoms with Gasteiger partial charge in [0.2, 0.25) is 0 Å². The third-order valence-corrected chi connectivity index (χ3v) is 5.00. The molecule has 1 aliphatic heterocycles. The summed E-state index contributed by atoms with van der Waals surface area (Å²) in [7, 11) is 0. The Morgan fingerprint density at radius 1 is 1.32 bits per heavy atom. The second-order valence-corrected chi connectivity index (χ2v) is 6.79. The van der Waals surface area contributed by atoms with Gasteiger partial charge in [-0.3, -0.25) is 9.78 Å². The van der Waals surface area contributed by atoms with Crippen molar-refractivity contribution < 1.29 is 9.32 Å². The molecule has 0 bridgehead atoms. The van der Waals surface area contributed by atoms with E-state index in [1.165, 1.54) is 5.52 Å². The van der Waals surface area contributed by atoms with Crippen LogP contribution in [-0.2, 0) is 6.42 Å². The average Bonchev–Trinajstić information content (AvgIpc) is 3.20. The van der Waals surface area contributed by atoms with Crippen molar-refractivity contribution in [1.29, 1.82) is 0 Å². The molecule has 3 aromatic rings. The fraction of sp³-hybridized carbons (Fsp3) is 0.421. The van der Waals surface area contributed by atoms with Crippen molar-refractivity contribution in [3.63, 3.8) is 0 Å². The van der Waals surface area contributed by atoms with Gasteiger partial charge in [0, 0.05) is 37.7 Å². The minimum absolute atomic E-state index is 0.0238. The third-order valence-electron chi connectivity index (χ3n) is 5.00. The van der Waals surface area contributed by atoms with E-state index in [9.17, 15) is 4.79 Å². The molecule has 1 amide bonds. The minimum atomic E-state index is -0.0238. The summed E-state index contributed by atoms with van der Waals surface area (Å²) in [6.07, 6.45) is 9.97. The van der Waals surface area contributed by atoms with Gasteiger partial charge in [-0.25, -0.2) is 0 Å². The van der Waals surface area contributed by atoms with Gasteiger partial charge >= 0.3 is 0 Å². The Morgan fingerprint density at radius 2 is 2.24 bits per heavy atom. The van der Waals surface area contributed by atoms with Gasteiger partial charge in [-0.1, -0.05) is 5.16 Å². The van der Waals surface area contributed by atoms with E-state index in [1.807, 2.05) is 29.6 Å². The largest absolute Gasteiger partial charge is 0.361 e. The molecule has 1 saturated heterocycles. The van der Waals surface area contributed by atoms with Gasteiger partial charge in [0.25, 0.3) is 5.91 Å². The van der Waals surface area contributed by atoms with E-state index in [0.29, 0.717) is 17.4 Å². The lowest BCUT2D eigenvalue weighted by atomic mass is 9.95. The molecular weight excluding hydrogens is 316 g/mol. The van der Waals surface area contributed by atoms with Gasteiger partial charge in [-0.05, 0) is 50.7 Å². The Labute approximate surface area is 146 Å². The quantitative estimate of drug-likeness (QED) is 0.736. The molecule has 6 nitrogen and oxygen atoms in total. The lowest BCUT2D eigenvalue weighted by molar-refractivity contribution is 0.0749. The van der Waals surface area contributed by atoms with Crippen LogP contribution in [0, 0.1) is 12.8 Å². The fourth-order valence-electron chi connectivity index (χ4n) is 3.66. The van der Waals surface area contributed by atoms with Crippen LogP contribution in [0.3, 0.4) is 0 Å². The van der Waals surface area contributed by atoms with Crippen molar-refractivity contribution >= 4 is 11.4 Å². The van der Waals surface area contributed by atoms with Gasteiger partial charge in [-0.15, -0.1) is 0 Å². The summed E-state index contributed by atoms with van der Waals surface area (Å²) in [4.78, 5) is 19.0. The summed E-state index contributed by atoms with van der Waals surface area (Å²) < 4.78 is 7.15. The molecule has 0 saturated carbocycles. The van der Waals surface area contributed by atoms with Crippen LogP contribution < -0.4 is 0 Å². The van der Waals surface area contributed by atoms with E-state index in [4.69, 9.17) is 4.52 Å². The molecule has 130 valence electrons. The molecule has 1 fully saturated rings. The maximum atomic E-state index is 12.6. The first-order valence-corrected chi connectivity index (χ1v) is 8.84. The van der Waals surface area contributed by atoms with Crippen LogP contribution >= 0.6 is 0 Å². The summed E-state index contributed by atoms with van der Waals surface area (Å²) >= 11 is 0. The lowest BCUT2D eigenvalue weighted by Gasteiger charge is -2.19.